The fraction of sp³-hybridized carbons (Fsp3) is 0.526. The fourth-order valence-corrected chi connectivity index (χ4v) is 3.50. The Morgan fingerprint density at radius 2 is 1.92 bits per heavy atom. The van der Waals surface area contributed by atoms with Crippen molar-refractivity contribution in [3.8, 4) is 0 Å². The third-order valence-electron chi connectivity index (χ3n) is 4.92. The molecule has 6 nitrogen and oxygen atoms in total. The van der Waals surface area contributed by atoms with Crippen LogP contribution in [0.15, 0.2) is 29.1 Å². The number of H-pyrrole nitrogens is 1. The number of benzene rings is 1. The molecule has 1 aliphatic rings. The van der Waals surface area contributed by atoms with E-state index in [0.29, 0.717) is 30.7 Å². The predicted molar refractivity (Wildman–Crippen MR) is 99.7 cm³/mol. The molecule has 0 spiro atoms. The molecule has 1 heterocycles. The van der Waals surface area contributed by atoms with Gasteiger partial charge in [0, 0.05) is 24.9 Å². The van der Waals surface area contributed by atoms with Gasteiger partial charge < -0.3 is 10.6 Å². The molecule has 0 bridgehead atoms. The lowest BCUT2D eigenvalue weighted by molar-refractivity contribution is -0.121. The Bertz CT molecular complexity index is 765. The van der Waals surface area contributed by atoms with Gasteiger partial charge in [0.05, 0.1) is 5.39 Å². The van der Waals surface area contributed by atoms with Crippen LogP contribution in [0, 0.1) is 5.92 Å². The Hall–Kier alpha value is -2.37. The van der Waals surface area contributed by atoms with Gasteiger partial charge in [-0.1, -0.05) is 43.9 Å². The van der Waals surface area contributed by atoms with Crippen molar-refractivity contribution in [3.63, 3.8) is 0 Å². The van der Waals surface area contributed by atoms with Gasteiger partial charge in [0.25, 0.3) is 5.56 Å². The Morgan fingerprint density at radius 1 is 1.16 bits per heavy atom. The molecule has 25 heavy (non-hydrogen) atoms. The minimum Gasteiger partial charge on any atom is -0.368 e. The summed E-state index contributed by atoms with van der Waals surface area (Å²) in [6, 6.07) is 7.39. The van der Waals surface area contributed by atoms with E-state index < -0.39 is 0 Å². The van der Waals surface area contributed by atoms with Gasteiger partial charge >= 0.3 is 0 Å². The Morgan fingerprint density at radius 3 is 2.72 bits per heavy atom. The fourth-order valence-electron chi connectivity index (χ4n) is 3.50. The molecule has 1 aromatic carbocycles. The smallest absolute Gasteiger partial charge is 0.272 e. The highest BCUT2D eigenvalue weighted by Crippen LogP contribution is 2.28. The molecule has 3 N–H and O–H groups in total. The van der Waals surface area contributed by atoms with E-state index in [9.17, 15) is 9.59 Å². The predicted octanol–water partition coefficient (Wildman–Crippen LogP) is 2.81. The van der Waals surface area contributed by atoms with E-state index in [2.05, 4.69) is 20.8 Å². The van der Waals surface area contributed by atoms with Crippen molar-refractivity contribution >= 4 is 22.5 Å². The first-order chi connectivity index (χ1) is 12.2. The number of amides is 1. The van der Waals surface area contributed by atoms with Crippen molar-refractivity contribution in [2.75, 3.05) is 18.4 Å². The number of carbonyl (C=O) groups excluding carboxylic acids is 1. The highest BCUT2D eigenvalue weighted by Gasteiger charge is 2.15. The maximum Gasteiger partial charge on any atom is 0.272 e. The summed E-state index contributed by atoms with van der Waals surface area (Å²) < 4.78 is 0. The van der Waals surface area contributed by atoms with Crippen molar-refractivity contribution in [2.24, 2.45) is 5.92 Å². The maximum atomic E-state index is 11.9. The Kier molecular flexibility index (Phi) is 6.04. The lowest BCUT2D eigenvalue weighted by Crippen LogP contribution is -2.26. The van der Waals surface area contributed by atoms with E-state index in [1.54, 1.807) is 6.07 Å². The molecule has 6 heteroatoms. The topological polar surface area (TPSA) is 86.9 Å². The van der Waals surface area contributed by atoms with Crippen LogP contribution in [0.4, 0.5) is 5.82 Å². The van der Waals surface area contributed by atoms with E-state index in [1.807, 2.05) is 18.2 Å². The normalized spacial score (nSPS) is 14.7. The van der Waals surface area contributed by atoms with Crippen molar-refractivity contribution < 1.29 is 4.79 Å². The molecule has 2 aromatic rings. The Labute approximate surface area is 147 Å². The number of aromatic nitrogens is 2. The van der Waals surface area contributed by atoms with E-state index in [-0.39, 0.29) is 11.5 Å². The number of hydrogen-bond donors (Lipinski definition) is 3. The van der Waals surface area contributed by atoms with Crippen molar-refractivity contribution in [1.82, 2.24) is 15.5 Å². The molecule has 0 unspecified atom stereocenters. The minimum atomic E-state index is -0.185. The third kappa shape index (κ3) is 4.81. The number of hydrogen-bond acceptors (Lipinski definition) is 4. The monoisotopic (exact) mass is 342 g/mol. The summed E-state index contributed by atoms with van der Waals surface area (Å²) in [5, 5.41) is 14.2. The molecular weight excluding hydrogens is 316 g/mol. The molecule has 1 saturated carbocycles. The number of nitrogens with zero attached hydrogens (tertiary/aromatic N) is 1. The summed E-state index contributed by atoms with van der Waals surface area (Å²) in [6.07, 6.45) is 7.71. The van der Waals surface area contributed by atoms with Gasteiger partial charge in [-0.25, -0.2) is 5.10 Å². The highest BCUT2D eigenvalue weighted by atomic mass is 16.1. The van der Waals surface area contributed by atoms with Crippen LogP contribution >= 0.6 is 0 Å². The molecule has 0 saturated heterocycles. The molecule has 1 aromatic heterocycles. The second kappa shape index (κ2) is 8.65. The van der Waals surface area contributed by atoms with Crippen molar-refractivity contribution in [3.05, 3.63) is 34.6 Å². The van der Waals surface area contributed by atoms with Crippen LogP contribution in [0.3, 0.4) is 0 Å². The minimum absolute atomic E-state index is 0.152. The number of rotatable bonds is 8. The zero-order valence-corrected chi connectivity index (χ0v) is 14.5. The third-order valence-corrected chi connectivity index (χ3v) is 4.92. The van der Waals surface area contributed by atoms with Gasteiger partial charge in [-0.3, -0.25) is 9.59 Å². The average molecular weight is 342 g/mol. The Balaban J connectivity index is 1.38. The summed E-state index contributed by atoms with van der Waals surface area (Å²) in [4.78, 5) is 23.6. The number of fused-ring (bicyclic) bond motifs is 1. The van der Waals surface area contributed by atoms with Gasteiger partial charge in [-0.05, 0) is 24.8 Å². The van der Waals surface area contributed by atoms with Gasteiger partial charge in [-0.15, -0.1) is 0 Å². The zero-order valence-electron chi connectivity index (χ0n) is 14.5. The van der Waals surface area contributed by atoms with Crippen LogP contribution in [-0.4, -0.2) is 29.2 Å². The van der Waals surface area contributed by atoms with Crippen LogP contribution in [0.1, 0.15) is 44.9 Å². The summed E-state index contributed by atoms with van der Waals surface area (Å²) >= 11 is 0. The molecule has 0 atom stereocenters. The van der Waals surface area contributed by atoms with Crippen LogP contribution in [-0.2, 0) is 4.79 Å². The first-order valence-corrected chi connectivity index (χ1v) is 9.22. The quantitative estimate of drug-likeness (QED) is 0.644. The second-order valence-electron chi connectivity index (χ2n) is 6.77. The van der Waals surface area contributed by atoms with Gasteiger partial charge in [-0.2, -0.15) is 5.10 Å². The summed E-state index contributed by atoms with van der Waals surface area (Å²) in [5.41, 5.74) is -0.185. The molecule has 0 radical (unpaired) electrons. The van der Waals surface area contributed by atoms with E-state index in [4.69, 9.17) is 0 Å². The van der Waals surface area contributed by atoms with E-state index in [1.165, 1.54) is 25.7 Å². The maximum absolute atomic E-state index is 11.9. The highest BCUT2D eigenvalue weighted by molar-refractivity contribution is 5.90. The molecule has 1 fully saturated rings. The second-order valence-corrected chi connectivity index (χ2v) is 6.77. The molecule has 3 rings (SSSR count). The molecule has 134 valence electrons. The summed E-state index contributed by atoms with van der Waals surface area (Å²) in [6.45, 7) is 1.34. The number of anilines is 1. The van der Waals surface area contributed by atoms with Gasteiger partial charge in [0.2, 0.25) is 5.91 Å². The summed E-state index contributed by atoms with van der Waals surface area (Å²) in [5.74, 6) is 1.58. The van der Waals surface area contributed by atoms with Crippen LogP contribution in [0.25, 0.3) is 10.8 Å². The van der Waals surface area contributed by atoms with Crippen LogP contribution in [0.5, 0.6) is 0 Å². The molecular formula is C19H26N4O2. The lowest BCUT2D eigenvalue weighted by Gasteiger charge is -2.10. The molecule has 1 aliphatic carbocycles. The first kappa shape index (κ1) is 17.5. The lowest BCUT2D eigenvalue weighted by atomic mass is 10.0. The van der Waals surface area contributed by atoms with Gasteiger partial charge in [0.15, 0.2) is 5.82 Å². The van der Waals surface area contributed by atoms with Crippen LogP contribution in [0.2, 0.25) is 0 Å². The van der Waals surface area contributed by atoms with Crippen molar-refractivity contribution in [1.29, 1.82) is 0 Å². The van der Waals surface area contributed by atoms with Gasteiger partial charge in [0.1, 0.15) is 0 Å². The van der Waals surface area contributed by atoms with E-state index >= 15 is 0 Å². The summed E-state index contributed by atoms with van der Waals surface area (Å²) in [7, 11) is 0. The number of carbonyl (C=O) groups is 1. The standard InChI is InChI=1S/C19H26N4O2/c24-17(11-10-14-6-1-2-7-14)20-12-5-13-21-18-15-8-3-4-9-16(15)19(25)23-22-18/h3-4,8-9,14H,1-2,5-7,10-13H2,(H,20,24)(H,21,22)(H,23,25). The average Bonchev–Trinajstić information content (AvgIpc) is 3.15. The molecule has 0 aliphatic heterocycles. The van der Waals surface area contributed by atoms with Crippen LogP contribution < -0.4 is 16.2 Å². The zero-order chi connectivity index (χ0) is 17.5. The SMILES string of the molecule is O=C(CCC1CCCC1)NCCCNc1n[nH]c(=O)c2ccccc12. The largest absolute Gasteiger partial charge is 0.368 e. The molecule has 1 amide bonds. The van der Waals surface area contributed by atoms with Crippen molar-refractivity contribution in [2.45, 2.75) is 44.9 Å². The van der Waals surface area contributed by atoms with E-state index in [0.717, 1.165) is 24.1 Å². The first-order valence-electron chi connectivity index (χ1n) is 9.22. The number of aromatic amines is 1. The number of nitrogens with one attached hydrogen (secondary N) is 3.